The van der Waals surface area contributed by atoms with Crippen LogP contribution in [0.25, 0.3) is 0 Å². The van der Waals surface area contributed by atoms with Crippen molar-refractivity contribution < 1.29 is 18.4 Å². The molecule has 0 N–H and O–H groups in total. The van der Waals surface area contributed by atoms with Crippen LogP contribution in [-0.2, 0) is 18.4 Å². The monoisotopic (exact) mass is 270 g/mol. The van der Waals surface area contributed by atoms with E-state index >= 15 is 0 Å². The van der Waals surface area contributed by atoms with Crippen molar-refractivity contribution in [1.82, 2.24) is 0 Å². The van der Waals surface area contributed by atoms with Gasteiger partial charge < -0.3 is 13.6 Å². The maximum absolute atomic E-state index is 10.9. The molecule has 0 unspecified atom stereocenters. The van der Waals surface area contributed by atoms with Gasteiger partial charge in [-0.25, -0.2) is 4.79 Å². The number of rotatable bonds is 9. The van der Waals surface area contributed by atoms with Gasteiger partial charge in [-0.15, -0.1) is 0 Å². The average molecular weight is 270 g/mol. The predicted molar refractivity (Wildman–Crippen MR) is 74.0 cm³/mol. The van der Waals surface area contributed by atoms with Gasteiger partial charge in [0.1, 0.15) is 0 Å². The van der Waals surface area contributed by atoms with Crippen LogP contribution in [0.15, 0.2) is 37.3 Å². The van der Waals surface area contributed by atoms with E-state index in [4.69, 9.17) is 13.6 Å². The van der Waals surface area contributed by atoms with Gasteiger partial charge in [0, 0.05) is 18.7 Å². The van der Waals surface area contributed by atoms with Crippen molar-refractivity contribution in [3.05, 3.63) is 37.3 Å². The molecule has 0 atom stereocenters. The van der Waals surface area contributed by atoms with Crippen LogP contribution in [-0.4, -0.2) is 21.1 Å². The van der Waals surface area contributed by atoms with E-state index in [0.29, 0.717) is 30.6 Å². The lowest BCUT2D eigenvalue weighted by Crippen LogP contribution is -2.37. The minimum absolute atomic E-state index is 0.326. The summed E-state index contributed by atoms with van der Waals surface area (Å²) in [5, 5.41) is 0. The molecule has 0 fully saturated rings. The predicted octanol–water partition coefficient (Wildman–Crippen LogP) is 3.28. The third-order valence-corrected chi connectivity index (χ3v) is 4.79. The van der Waals surface area contributed by atoms with Crippen molar-refractivity contribution in [2.45, 2.75) is 32.9 Å². The highest BCUT2D eigenvalue weighted by Gasteiger charge is 2.35. The molecule has 102 valence electrons. The molecule has 0 aliphatic heterocycles. The summed E-state index contributed by atoms with van der Waals surface area (Å²) in [5.74, 6) is 0.821. The van der Waals surface area contributed by atoms with Crippen LogP contribution in [0.4, 0.5) is 0 Å². The Morgan fingerprint density at radius 1 is 1.22 bits per heavy atom. The molecule has 0 heterocycles. The average Bonchev–Trinajstić information content (AvgIpc) is 2.21. The van der Waals surface area contributed by atoms with Crippen molar-refractivity contribution >= 4 is 14.5 Å². The van der Waals surface area contributed by atoms with E-state index in [-0.39, 0.29) is 0 Å². The summed E-state index contributed by atoms with van der Waals surface area (Å²) < 4.78 is 16.3. The van der Waals surface area contributed by atoms with Crippen molar-refractivity contribution in [3.8, 4) is 0 Å². The largest absolute Gasteiger partial charge is 0.517 e. The highest BCUT2D eigenvalue weighted by Crippen LogP contribution is 2.21. The second kappa shape index (κ2) is 7.76. The lowest BCUT2D eigenvalue weighted by Gasteiger charge is -2.28. The quantitative estimate of drug-likeness (QED) is 0.212. The number of esters is 1. The van der Waals surface area contributed by atoms with E-state index in [9.17, 15) is 4.79 Å². The molecule has 0 aromatic rings. The number of hydrogen-bond acceptors (Lipinski definition) is 4. The molecule has 0 aliphatic rings. The van der Waals surface area contributed by atoms with Gasteiger partial charge >= 0.3 is 14.5 Å². The molecule has 0 aromatic carbocycles. The Kier molecular flexibility index (Phi) is 7.12. The Bertz CT molecular complexity index is 320. The Morgan fingerprint density at radius 3 is 2.11 bits per heavy atom. The Hall–Kier alpha value is -1.49. The van der Waals surface area contributed by atoms with Crippen LogP contribution in [0, 0.1) is 0 Å². The van der Waals surface area contributed by atoms with Crippen molar-refractivity contribution in [2.75, 3.05) is 6.61 Å². The maximum atomic E-state index is 10.9. The van der Waals surface area contributed by atoms with Crippen LogP contribution in [0.3, 0.4) is 0 Å². The fraction of sp³-hybridized carbons (Fsp3) is 0.462. The Labute approximate surface area is 110 Å². The van der Waals surface area contributed by atoms with E-state index in [2.05, 4.69) is 19.7 Å². The molecule has 0 rings (SSSR count). The number of carbonyl (C=O) groups is 1. The number of ether oxygens (including phenoxy) is 1. The van der Waals surface area contributed by atoms with E-state index in [1.54, 1.807) is 13.8 Å². The van der Waals surface area contributed by atoms with Crippen LogP contribution in [0.5, 0.6) is 0 Å². The van der Waals surface area contributed by atoms with Gasteiger partial charge in [0.25, 0.3) is 0 Å². The molecule has 0 radical (unpaired) electrons. The molecule has 5 heteroatoms. The van der Waals surface area contributed by atoms with Crippen molar-refractivity contribution in [2.24, 2.45) is 0 Å². The SMILES string of the molecule is C=CC(=O)OCCC[Si](C)(OC(=C)C)OC(=C)C. The number of allylic oxidation sites excluding steroid dienone is 2. The highest BCUT2D eigenvalue weighted by atomic mass is 28.4. The molecule has 0 bridgehead atoms. The molecular weight excluding hydrogens is 248 g/mol. The number of hydrogen-bond donors (Lipinski definition) is 0. The topological polar surface area (TPSA) is 44.8 Å². The first-order chi connectivity index (χ1) is 8.29. The Morgan fingerprint density at radius 2 is 1.72 bits per heavy atom. The third kappa shape index (κ3) is 7.73. The lowest BCUT2D eigenvalue weighted by atomic mass is 10.5. The van der Waals surface area contributed by atoms with Gasteiger partial charge in [-0.2, -0.15) is 0 Å². The second-order valence-electron chi connectivity index (χ2n) is 4.22. The van der Waals surface area contributed by atoms with Crippen LogP contribution in [0.2, 0.25) is 12.6 Å². The van der Waals surface area contributed by atoms with E-state index < -0.39 is 14.5 Å². The fourth-order valence-electron chi connectivity index (χ4n) is 1.48. The lowest BCUT2D eigenvalue weighted by molar-refractivity contribution is -0.137. The first kappa shape index (κ1) is 16.5. The summed E-state index contributed by atoms with van der Waals surface area (Å²) in [6, 6.07) is 0.692. The van der Waals surface area contributed by atoms with Gasteiger partial charge in [-0.1, -0.05) is 19.7 Å². The van der Waals surface area contributed by atoms with E-state index in [0.717, 1.165) is 6.08 Å². The zero-order valence-corrected chi connectivity index (χ0v) is 12.5. The van der Waals surface area contributed by atoms with Gasteiger partial charge in [0.2, 0.25) is 0 Å². The maximum Gasteiger partial charge on any atom is 0.456 e. The van der Waals surface area contributed by atoms with Gasteiger partial charge in [0.05, 0.1) is 18.1 Å². The third-order valence-electron chi connectivity index (χ3n) is 1.97. The summed E-state index contributed by atoms with van der Waals surface area (Å²) in [6.45, 7) is 16.6. The molecule has 4 nitrogen and oxygen atoms in total. The van der Waals surface area contributed by atoms with E-state index in [1.165, 1.54) is 0 Å². The summed E-state index contributed by atoms with van der Waals surface area (Å²) in [7, 11) is -2.37. The normalized spacial score (nSPS) is 10.4. The van der Waals surface area contributed by atoms with Crippen LogP contribution < -0.4 is 0 Å². The van der Waals surface area contributed by atoms with E-state index in [1.807, 2.05) is 6.55 Å². The zero-order chi connectivity index (χ0) is 14.2. The minimum Gasteiger partial charge on any atom is -0.517 e. The first-order valence-corrected chi connectivity index (χ1v) is 8.29. The van der Waals surface area contributed by atoms with Gasteiger partial charge in [0.15, 0.2) is 0 Å². The summed E-state index contributed by atoms with van der Waals surface area (Å²) in [4.78, 5) is 10.9. The van der Waals surface area contributed by atoms with Crippen molar-refractivity contribution in [3.63, 3.8) is 0 Å². The summed E-state index contributed by atoms with van der Waals surface area (Å²) in [6.07, 6.45) is 1.81. The molecule has 0 saturated carbocycles. The zero-order valence-electron chi connectivity index (χ0n) is 11.5. The molecule has 0 aromatic heterocycles. The molecule has 18 heavy (non-hydrogen) atoms. The summed E-state index contributed by atoms with van der Waals surface area (Å²) in [5.41, 5.74) is 0. The Balaban J connectivity index is 4.24. The summed E-state index contributed by atoms with van der Waals surface area (Å²) >= 11 is 0. The van der Waals surface area contributed by atoms with Crippen LogP contribution in [0.1, 0.15) is 20.3 Å². The standard InChI is InChI=1S/C13H22O4Si/c1-7-13(14)15-9-8-10-18(6,16-11(2)3)17-12(4)5/h7H,1-2,4,8-10H2,3,5-6H3. The second-order valence-corrected chi connectivity index (χ2v) is 7.39. The molecule has 0 saturated heterocycles. The molecule has 0 amide bonds. The smallest absolute Gasteiger partial charge is 0.456 e. The number of carbonyl (C=O) groups excluding carboxylic acids is 1. The molecule has 0 spiro atoms. The molecule has 0 aliphatic carbocycles. The highest BCUT2D eigenvalue weighted by molar-refractivity contribution is 6.66. The molecular formula is C13H22O4Si. The fourth-order valence-corrected chi connectivity index (χ4v) is 3.99. The first-order valence-electron chi connectivity index (χ1n) is 5.77. The van der Waals surface area contributed by atoms with Crippen LogP contribution >= 0.6 is 0 Å². The van der Waals surface area contributed by atoms with Crippen molar-refractivity contribution in [1.29, 1.82) is 0 Å². The van der Waals surface area contributed by atoms with Gasteiger partial charge in [-0.3, -0.25) is 0 Å². The minimum atomic E-state index is -2.37. The van der Waals surface area contributed by atoms with Gasteiger partial charge in [-0.05, 0) is 20.3 Å².